The van der Waals surface area contributed by atoms with E-state index < -0.39 is 5.91 Å². The molecule has 0 aromatic heterocycles. The van der Waals surface area contributed by atoms with Crippen molar-refractivity contribution in [3.63, 3.8) is 0 Å². The third-order valence-corrected chi connectivity index (χ3v) is 2.67. The summed E-state index contributed by atoms with van der Waals surface area (Å²) in [5.41, 5.74) is 12.8. The number of hydrogen-bond acceptors (Lipinski definition) is 4. The van der Waals surface area contributed by atoms with Crippen molar-refractivity contribution >= 4 is 17.3 Å². The van der Waals surface area contributed by atoms with Crippen LogP contribution in [0.3, 0.4) is 0 Å². The number of methoxy groups -OCH3 is 1. The quantitative estimate of drug-likeness (QED) is 0.642. The van der Waals surface area contributed by atoms with Crippen LogP contribution >= 0.6 is 0 Å². The van der Waals surface area contributed by atoms with Gasteiger partial charge in [0.2, 0.25) is 0 Å². The Bertz CT molecular complexity index is 401. The van der Waals surface area contributed by atoms with Crippen LogP contribution in [-0.4, -0.2) is 25.7 Å². The topological polar surface area (TPSA) is 90.4 Å². The molecule has 1 rings (SSSR count). The maximum atomic E-state index is 11.3. The van der Waals surface area contributed by atoms with Gasteiger partial charge in [-0.25, -0.2) is 0 Å². The van der Waals surface area contributed by atoms with Gasteiger partial charge in [0.25, 0.3) is 5.91 Å². The van der Waals surface area contributed by atoms with Crippen molar-refractivity contribution in [1.82, 2.24) is 0 Å². The second-order valence-electron chi connectivity index (χ2n) is 4.25. The lowest BCUT2D eigenvalue weighted by Gasteiger charge is -2.20. The Labute approximate surface area is 107 Å². The molecule has 1 amide bonds. The maximum Gasteiger partial charge on any atom is 0.250 e. The standard InChI is InChI=1S/C13H21N3O2/c1-3-4-10(8-18-2)16-12-7-9(14)5-6-11(12)13(15)17/h5-7,10,16H,3-4,8,14H2,1-2H3,(H2,15,17). The highest BCUT2D eigenvalue weighted by molar-refractivity contribution is 5.99. The molecule has 0 fully saturated rings. The molecule has 18 heavy (non-hydrogen) atoms. The Morgan fingerprint density at radius 2 is 2.22 bits per heavy atom. The number of carbonyl (C=O) groups is 1. The van der Waals surface area contributed by atoms with Crippen molar-refractivity contribution in [2.75, 3.05) is 24.8 Å². The minimum atomic E-state index is -0.467. The molecule has 0 radical (unpaired) electrons. The second kappa shape index (κ2) is 6.86. The van der Waals surface area contributed by atoms with Gasteiger partial charge >= 0.3 is 0 Å². The van der Waals surface area contributed by atoms with Gasteiger partial charge in [0.15, 0.2) is 0 Å². The summed E-state index contributed by atoms with van der Waals surface area (Å²) in [4.78, 5) is 11.3. The molecular formula is C13H21N3O2. The highest BCUT2D eigenvalue weighted by atomic mass is 16.5. The molecule has 1 aromatic carbocycles. The first-order valence-corrected chi connectivity index (χ1v) is 6.03. The zero-order valence-electron chi connectivity index (χ0n) is 10.9. The molecule has 0 saturated heterocycles. The van der Waals surface area contributed by atoms with Gasteiger partial charge in [-0.2, -0.15) is 0 Å². The summed E-state index contributed by atoms with van der Waals surface area (Å²) in [6.07, 6.45) is 1.97. The largest absolute Gasteiger partial charge is 0.399 e. The van der Waals surface area contributed by atoms with Gasteiger partial charge in [0.05, 0.1) is 12.2 Å². The predicted molar refractivity (Wildman–Crippen MR) is 73.6 cm³/mol. The van der Waals surface area contributed by atoms with Crippen LogP contribution in [0.5, 0.6) is 0 Å². The van der Waals surface area contributed by atoms with Crippen molar-refractivity contribution in [2.24, 2.45) is 5.73 Å². The lowest BCUT2D eigenvalue weighted by Crippen LogP contribution is -2.26. The third kappa shape index (κ3) is 3.92. The summed E-state index contributed by atoms with van der Waals surface area (Å²) >= 11 is 0. The number of anilines is 2. The van der Waals surface area contributed by atoms with E-state index in [1.807, 2.05) is 0 Å². The number of benzene rings is 1. The van der Waals surface area contributed by atoms with E-state index in [1.165, 1.54) is 0 Å². The van der Waals surface area contributed by atoms with E-state index in [4.69, 9.17) is 16.2 Å². The molecule has 0 saturated carbocycles. The van der Waals surface area contributed by atoms with Crippen LogP contribution in [0, 0.1) is 0 Å². The minimum Gasteiger partial charge on any atom is -0.399 e. The normalized spacial score (nSPS) is 12.1. The summed E-state index contributed by atoms with van der Waals surface area (Å²) < 4.78 is 5.15. The molecular weight excluding hydrogens is 230 g/mol. The van der Waals surface area contributed by atoms with Gasteiger partial charge in [-0.15, -0.1) is 0 Å². The van der Waals surface area contributed by atoms with E-state index in [0.29, 0.717) is 23.5 Å². The summed E-state index contributed by atoms with van der Waals surface area (Å²) in [6.45, 7) is 2.67. The van der Waals surface area contributed by atoms with Crippen molar-refractivity contribution in [1.29, 1.82) is 0 Å². The average molecular weight is 251 g/mol. The van der Waals surface area contributed by atoms with Crippen LogP contribution in [0.2, 0.25) is 0 Å². The van der Waals surface area contributed by atoms with Crippen LogP contribution in [0.4, 0.5) is 11.4 Å². The second-order valence-corrected chi connectivity index (χ2v) is 4.25. The van der Waals surface area contributed by atoms with Gasteiger partial charge in [0.1, 0.15) is 0 Å². The summed E-state index contributed by atoms with van der Waals surface area (Å²) in [6, 6.07) is 5.16. The number of nitrogens with two attached hydrogens (primary N) is 2. The number of nitrogen functional groups attached to an aromatic ring is 1. The molecule has 5 N–H and O–H groups in total. The fourth-order valence-electron chi connectivity index (χ4n) is 1.86. The molecule has 0 aliphatic heterocycles. The van der Waals surface area contributed by atoms with Crippen molar-refractivity contribution in [3.05, 3.63) is 23.8 Å². The number of carbonyl (C=O) groups excluding carboxylic acids is 1. The van der Waals surface area contributed by atoms with Gasteiger partial charge in [0, 0.05) is 24.5 Å². The van der Waals surface area contributed by atoms with Gasteiger partial charge in [-0.3, -0.25) is 4.79 Å². The SMILES string of the molecule is CCCC(COC)Nc1cc(N)ccc1C(N)=O. The Kier molecular flexibility index (Phi) is 5.45. The summed E-state index contributed by atoms with van der Waals surface area (Å²) in [5.74, 6) is -0.467. The molecule has 1 unspecified atom stereocenters. The molecule has 0 bridgehead atoms. The number of ether oxygens (including phenoxy) is 1. The lowest BCUT2D eigenvalue weighted by atomic mass is 10.1. The molecule has 1 aromatic rings. The van der Waals surface area contributed by atoms with Crippen molar-refractivity contribution in [2.45, 2.75) is 25.8 Å². The van der Waals surface area contributed by atoms with Crippen LogP contribution in [0.1, 0.15) is 30.1 Å². The van der Waals surface area contributed by atoms with Crippen LogP contribution < -0.4 is 16.8 Å². The Balaban J connectivity index is 2.92. The fourth-order valence-corrected chi connectivity index (χ4v) is 1.86. The van der Waals surface area contributed by atoms with Crippen LogP contribution in [0.25, 0.3) is 0 Å². The minimum absolute atomic E-state index is 0.139. The number of hydrogen-bond donors (Lipinski definition) is 3. The zero-order chi connectivity index (χ0) is 13.5. The Morgan fingerprint density at radius 3 is 2.78 bits per heavy atom. The zero-order valence-corrected chi connectivity index (χ0v) is 10.9. The van der Waals surface area contributed by atoms with Crippen LogP contribution in [0.15, 0.2) is 18.2 Å². The van der Waals surface area contributed by atoms with E-state index in [1.54, 1.807) is 25.3 Å². The molecule has 1 atom stereocenters. The summed E-state index contributed by atoms with van der Waals surface area (Å²) in [7, 11) is 1.65. The first-order valence-electron chi connectivity index (χ1n) is 6.03. The van der Waals surface area contributed by atoms with Gasteiger partial charge in [-0.05, 0) is 24.6 Å². The van der Waals surface area contributed by atoms with E-state index >= 15 is 0 Å². The molecule has 0 heterocycles. The summed E-state index contributed by atoms with van der Waals surface area (Å²) in [5, 5.41) is 3.27. The molecule has 0 aliphatic rings. The number of primary amides is 1. The molecule has 100 valence electrons. The molecule has 5 heteroatoms. The maximum absolute atomic E-state index is 11.3. The van der Waals surface area contributed by atoms with E-state index in [-0.39, 0.29) is 6.04 Å². The van der Waals surface area contributed by atoms with Crippen molar-refractivity contribution in [3.8, 4) is 0 Å². The molecule has 0 aliphatic carbocycles. The van der Waals surface area contributed by atoms with E-state index in [9.17, 15) is 4.79 Å². The first-order chi connectivity index (χ1) is 8.58. The number of amides is 1. The molecule has 5 nitrogen and oxygen atoms in total. The highest BCUT2D eigenvalue weighted by Gasteiger charge is 2.13. The van der Waals surface area contributed by atoms with Gasteiger partial charge < -0.3 is 21.5 Å². The third-order valence-electron chi connectivity index (χ3n) is 2.67. The van der Waals surface area contributed by atoms with E-state index in [0.717, 1.165) is 12.8 Å². The highest BCUT2D eigenvalue weighted by Crippen LogP contribution is 2.20. The number of rotatable bonds is 7. The first kappa shape index (κ1) is 14.3. The monoisotopic (exact) mass is 251 g/mol. The number of nitrogens with one attached hydrogen (secondary N) is 1. The smallest absolute Gasteiger partial charge is 0.250 e. The Morgan fingerprint density at radius 1 is 1.50 bits per heavy atom. The van der Waals surface area contributed by atoms with Crippen molar-refractivity contribution < 1.29 is 9.53 Å². The lowest BCUT2D eigenvalue weighted by molar-refractivity contribution is 0.100. The Hall–Kier alpha value is -1.75. The van der Waals surface area contributed by atoms with Gasteiger partial charge in [-0.1, -0.05) is 13.3 Å². The predicted octanol–water partition coefficient (Wildman–Crippen LogP) is 1.59. The van der Waals surface area contributed by atoms with E-state index in [2.05, 4.69) is 12.2 Å². The fraction of sp³-hybridized carbons (Fsp3) is 0.462. The molecule has 0 spiro atoms. The average Bonchev–Trinajstić information content (AvgIpc) is 2.29. The van der Waals surface area contributed by atoms with Crippen LogP contribution in [-0.2, 0) is 4.74 Å².